The maximum atomic E-state index is 12.1. The molecule has 0 aliphatic heterocycles. The molecular weight excluding hydrogens is 201 g/mol. The van der Waals surface area contributed by atoms with Gasteiger partial charge >= 0.3 is 6.18 Å². The van der Waals surface area contributed by atoms with Crippen LogP contribution in [0, 0.1) is 0 Å². The third-order valence-electron chi connectivity index (χ3n) is 1.64. The van der Waals surface area contributed by atoms with Crippen molar-refractivity contribution in [3.05, 3.63) is 23.7 Å². The molecule has 0 aromatic carbocycles. The Balaban J connectivity index is 2.89. The Labute approximate surface area is 78.1 Å². The smallest absolute Gasteiger partial charge is 0.421 e. The van der Waals surface area contributed by atoms with Crippen molar-refractivity contribution in [2.75, 3.05) is 7.11 Å². The highest BCUT2D eigenvalue weighted by molar-refractivity contribution is 5.19. The summed E-state index contributed by atoms with van der Waals surface area (Å²) in [5, 5.41) is 8.88. The minimum Gasteiger partial charge on any atom is -0.466 e. The highest BCUT2D eigenvalue weighted by atomic mass is 19.4. The average molecular weight is 210 g/mol. The first-order valence-electron chi connectivity index (χ1n) is 3.76. The SMILES string of the molecule is COCc1ccoc1C(O)C(F)(F)F. The largest absolute Gasteiger partial charge is 0.466 e. The van der Waals surface area contributed by atoms with Gasteiger partial charge in [-0.05, 0) is 6.07 Å². The Morgan fingerprint density at radius 1 is 1.57 bits per heavy atom. The van der Waals surface area contributed by atoms with E-state index in [1.165, 1.54) is 13.2 Å². The van der Waals surface area contributed by atoms with E-state index in [0.29, 0.717) is 0 Å². The molecule has 14 heavy (non-hydrogen) atoms. The van der Waals surface area contributed by atoms with E-state index in [-0.39, 0.29) is 12.2 Å². The fraction of sp³-hybridized carbons (Fsp3) is 0.500. The van der Waals surface area contributed by atoms with E-state index in [4.69, 9.17) is 5.11 Å². The quantitative estimate of drug-likeness (QED) is 0.829. The third-order valence-corrected chi connectivity index (χ3v) is 1.64. The van der Waals surface area contributed by atoms with E-state index >= 15 is 0 Å². The molecule has 1 N–H and O–H groups in total. The van der Waals surface area contributed by atoms with Crippen LogP contribution in [0.15, 0.2) is 16.7 Å². The van der Waals surface area contributed by atoms with Crippen LogP contribution in [-0.2, 0) is 11.3 Å². The molecule has 0 amide bonds. The van der Waals surface area contributed by atoms with Gasteiger partial charge in [0.1, 0.15) is 5.76 Å². The number of rotatable bonds is 3. The van der Waals surface area contributed by atoms with Gasteiger partial charge in [-0.2, -0.15) is 13.2 Å². The second kappa shape index (κ2) is 4.02. The fourth-order valence-electron chi connectivity index (χ4n) is 1.01. The lowest BCUT2D eigenvalue weighted by Gasteiger charge is -2.13. The number of methoxy groups -OCH3 is 1. The Morgan fingerprint density at radius 3 is 2.71 bits per heavy atom. The fourth-order valence-corrected chi connectivity index (χ4v) is 1.01. The molecule has 6 heteroatoms. The molecule has 1 aromatic heterocycles. The van der Waals surface area contributed by atoms with Crippen molar-refractivity contribution in [2.24, 2.45) is 0 Å². The van der Waals surface area contributed by atoms with E-state index in [2.05, 4.69) is 9.15 Å². The highest BCUT2D eigenvalue weighted by Gasteiger charge is 2.42. The first-order chi connectivity index (χ1) is 6.46. The lowest BCUT2D eigenvalue weighted by atomic mass is 10.2. The number of hydrogen-bond acceptors (Lipinski definition) is 3. The van der Waals surface area contributed by atoms with Crippen LogP contribution in [0.3, 0.4) is 0 Å². The van der Waals surface area contributed by atoms with Gasteiger partial charge in [-0.1, -0.05) is 0 Å². The van der Waals surface area contributed by atoms with Gasteiger partial charge in [0.2, 0.25) is 6.10 Å². The van der Waals surface area contributed by atoms with Crippen molar-refractivity contribution in [2.45, 2.75) is 18.9 Å². The molecule has 1 rings (SSSR count). The van der Waals surface area contributed by atoms with Crippen LogP contribution >= 0.6 is 0 Å². The molecule has 0 saturated carbocycles. The Bertz CT molecular complexity index is 292. The summed E-state index contributed by atoms with van der Waals surface area (Å²) in [4.78, 5) is 0. The topological polar surface area (TPSA) is 42.6 Å². The van der Waals surface area contributed by atoms with Gasteiger partial charge in [-0.25, -0.2) is 0 Å². The predicted molar refractivity (Wildman–Crippen MR) is 40.4 cm³/mol. The number of hydrogen-bond donors (Lipinski definition) is 1. The van der Waals surface area contributed by atoms with Gasteiger partial charge in [0.15, 0.2) is 0 Å². The summed E-state index contributed by atoms with van der Waals surface area (Å²) in [5.74, 6) is -0.514. The van der Waals surface area contributed by atoms with Crippen molar-refractivity contribution >= 4 is 0 Å². The molecule has 1 unspecified atom stereocenters. The van der Waals surface area contributed by atoms with Crippen molar-refractivity contribution in [1.29, 1.82) is 0 Å². The molecule has 0 radical (unpaired) electrons. The van der Waals surface area contributed by atoms with Gasteiger partial charge in [-0.15, -0.1) is 0 Å². The Kier molecular flexibility index (Phi) is 3.17. The van der Waals surface area contributed by atoms with Crippen molar-refractivity contribution in [3.8, 4) is 0 Å². The zero-order valence-corrected chi connectivity index (χ0v) is 7.34. The molecule has 0 saturated heterocycles. The molecule has 1 heterocycles. The second-order valence-corrected chi connectivity index (χ2v) is 2.69. The number of furan rings is 1. The minimum atomic E-state index is -4.72. The summed E-state index contributed by atoms with van der Waals surface area (Å²) in [6.45, 7) is -0.0288. The van der Waals surface area contributed by atoms with Gasteiger partial charge in [0.05, 0.1) is 12.9 Å². The molecular formula is C8H9F3O3. The maximum absolute atomic E-state index is 12.1. The summed E-state index contributed by atoms with van der Waals surface area (Å²) in [6, 6.07) is 1.33. The van der Waals surface area contributed by atoms with Gasteiger partial charge in [0, 0.05) is 12.7 Å². The van der Waals surface area contributed by atoms with E-state index in [9.17, 15) is 13.2 Å². The molecule has 0 spiro atoms. The number of alkyl halides is 3. The lowest BCUT2D eigenvalue weighted by Crippen LogP contribution is -2.20. The minimum absolute atomic E-state index is 0.0288. The Morgan fingerprint density at radius 2 is 2.21 bits per heavy atom. The van der Waals surface area contributed by atoms with Crippen LogP contribution in [0.25, 0.3) is 0 Å². The molecule has 3 nitrogen and oxygen atoms in total. The number of aliphatic hydroxyl groups is 1. The lowest BCUT2D eigenvalue weighted by molar-refractivity contribution is -0.212. The average Bonchev–Trinajstić information content (AvgIpc) is 2.50. The van der Waals surface area contributed by atoms with Crippen LogP contribution in [0.5, 0.6) is 0 Å². The first kappa shape index (κ1) is 11.1. The van der Waals surface area contributed by atoms with Gasteiger partial charge in [0.25, 0.3) is 0 Å². The molecule has 0 bridgehead atoms. The molecule has 80 valence electrons. The highest BCUT2D eigenvalue weighted by Crippen LogP contribution is 2.34. The molecule has 0 aliphatic carbocycles. The van der Waals surface area contributed by atoms with E-state index < -0.39 is 18.0 Å². The predicted octanol–water partition coefficient (Wildman–Crippen LogP) is 2.02. The standard InChI is InChI=1S/C8H9F3O3/c1-13-4-5-2-3-14-6(5)7(12)8(9,10)11/h2-3,7,12H,4H2,1H3. The van der Waals surface area contributed by atoms with Crippen LogP contribution in [0.4, 0.5) is 13.2 Å². The zero-order chi connectivity index (χ0) is 10.8. The molecule has 1 aromatic rings. The van der Waals surface area contributed by atoms with Crippen molar-refractivity contribution < 1.29 is 27.4 Å². The van der Waals surface area contributed by atoms with Gasteiger partial charge in [-0.3, -0.25) is 0 Å². The molecule has 0 fully saturated rings. The van der Waals surface area contributed by atoms with Crippen molar-refractivity contribution in [1.82, 2.24) is 0 Å². The Hall–Kier alpha value is -1.01. The summed E-state index contributed by atoms with van der Waals surface area (Å²) in [5.41, 5.74) is 0.192. The first-order valence-corrected chi connectivity index (χ1v) is 3.76. The van der Waals surface area contributed by atoms with E-state index in [1.807, 2.05) is 0 Å². The monoisotopic (exact) mass is 210 g/mol. The van der Waals surface area contributed by atoms with Gasteiger partial charge < -0.3 is 14.3 Å². The van der Waals surface area contributed by atoms with Crippen LogP contribution in [0.1, 0.15) is 17.4 Å². The maximum Gasteiger partial charge on any atom is 0.421 e. The number of ether oxygens (including phenoxy) is 1. The number of aliphatic hydroxyl groups excluding tert-OH is 1. The summed E-state index contributed by atoms with van der Waals surface area (Å²) >= 11 is 0. The summed E-state index contributed by atoms with van der Waals surface area (Å²) < 4.78 is 45.5. The van der Waals surface area contributed by atoms with Crippen LogP contribution in [0.2, 0.25) is 0 Å². The second-order valence-electron chi connectivity index (χ2n) is 2.69. The van der Waals surface area contributed by atoms with E-state index in [0.717, 1.165) is 6.26 Å². The normalized spacial score (nSPS) is 14.4. The van der Waals surface area contributed by atoms with Crippen molar-refractivity contribution in [3.63, 3.8) is 0 Å². The molecule has 1 atom stereocenters. The summed E-state index contributed by atoms with van der Waals surface area (Å²) in [7, 11) is 1.34. The third kappa shape index (κ3) is 2.27. The van der Waals surface area contributed by atoms with Crippen LogP contribution < -0.4 is 0 Å². The van der Waals surface area contributed by atoms with E-state index in [1.54, 1.807) is 0 Å². The number of halogens is 3. The summed E-state index contributed by atoms with van der Waals surface area (Å²) in [6.07, 6.45) is -6.23. The van der Waals surface area contributed by atoms with Crippen LogP contribution in [-0.4, -0.2) is 18.4 Å². The molecule has 0 aliphatic rings. The zero-order valence-electron chi connectivity index (χ0n) is 7.34.